The molecule has 0 saturated carbocycles. The molecule has 1 heterocycles. The summed E-state index contributed by atoms with van der Waals surface area (Å²) in [5, 5.41) is 9.00. The van der Waals surface area contributed by atoms with Crippen molar-refractivity contribution >= 4 is 5.97 Å². The quantitative estimate of drug-likeness (QED) is 0.668. The predicted molar refractivity (Wildman–Crippen MR) is 99.6 cm³/mol. The lowest BCUT2D eigenvalue weighted by atomic mass is 10.0. The average molecular weight is 366 g/mol. The number of carboxylic acids is 1. The van der Waals surface area contributed by atoms with Gasteiger partial charge in [0.2, 0.25) is 0 Å². The van der Waals surface area contributed by atoms with Crippen LogP contribution < -0.4 is 10.5 Å². The van der Waals surface area contributed by atoms with Crippen LogP contribution in [0.3, 0.4) is 0 Å². The smallest absolute Gasteiger partial charge is 0.307 e. The van der Waals surface area contributed by atoms with E-state index in [4.69, 9.17) is 15.6 Å². The third-order valence-corrected chi connectivity index (χ3v) is 4.10. The second-order valence-electron chi connectivity index (χ2n) is 5.99. The minimum Gasteiger partial charge on any atom is -0.489 e. The monoisotopic (exact) mass is 366 g/mol. The highest BCUT2D eigenvalue weighted by atomic mass is 19.1. The van der Waals surface area contributed by atoms with Crippen LogP contribution in [0.15, 0.2) is 60.8 Å². The molecule has 1 aromatic heterocycles. The molecule has 0 bridgehead atoms. The van der Waals surface area contributed by atoms with E-state index in [2.05, 4.69) is 4.98 Å². The fourth-order valence-corrected chi connectivity index (χ4v) is 2.80. The van der Waals surface area contributed by atoms with Crippen molar-refractivity contribution in [2.45, 2.75) is 19.6 Å². The van der Waals surface area contributed by atoms with Gasteiger partial charge in [-0.2, -0.15) is 0 Å². The highest BCUT2D eigenvalue weighted by molar-refractivity contribution is 5.71. The summed E-state index contributed by atoms with van der Waals surface area (Å²) in [6, 6.07) is 15.9. The Hall–Kier alpha value is -3.25. The number of nitrogens with zero attached hydrogens (tertiary/aromatic N) is 1. The Labute approximate surface area is 156 Å². The molecule has 0 saturated heterocycles. The molecule has 0 aliphatic heterocycles. The number of halogens is 1. The Balaban J connectivity index is 1.81. The van der Waals surface area contributed by atoms with Gasteiger partial charge in [0, 0.05) is 23.9 Å². The molecule has 3 N–H and O–H groups in total. The van der Waals surface area contributed by atoms with Gasteiger partial charge >= 0.3 is 5.97 Å². The zero-order valence-corrected chi connectivity index (χ0v) is 14.6. The number of hydrogen-bond acceptors (Lipinski definition) is 4. The number of nitrogens with two attached hydrogens (primary N) is 1. The summed E-state index contributed by atoms with van der Waals surface area (Å²) in [4.78, 5) is 14.9. The maximum Gasteiger partial charge on any atom is 0.307 e. The summed E-state index contributed by atoms with van der Waals surface area (Å²) >= 11 is 0. The first-order valence-corrected chi connectivity index (χ1v) is 8.43. The lowest BCUT2D eigenvalue weighted by molar-refractivity contribution is -0.136. The number of carbonyl (C=O) groups is 1. The Morgan fingerprint density at radius 1 is 1.15 bits per heavy atom. The van der Waals surface area contributed by atoms with Crippen molar-refractivity contribution in [2.75, 3.05) is 0 Å². The Morgan fingerprint density at radius 3 is 2.74 bits per heavy atom. The molecule has 3 aromatic rings. The van der Waals surface area contributed by atoms with E-state index in [1.54, 1.807) is 36.4 Å². The molecule has 6 heteroatoms. The summed E-state index contributed by atoms with van der Waals surface area (Å²) < 4.78 is 20.3. The molecule has 0 aliphatic rings. The molecule has 0 unspecified atom stereocenters. The summed E-state index contributed by atoms with van der Waals surface area (Å²) in [5.41, 5.74) is 8.31. The highest BCUT2D eigenvalue weighted by Gasteiger charge is 2.11. The number of para-hydroxylation sites is 1. The molecule has 0 amide bonds. The number of aliphatic carboxylic acids is 1. The molecule has 138 valence electrons. The summed E-state index contributed by atoms with van der Waals surface area (Å²) in [6.07, 6.45) is 1.42. The number of ether oxygens (including phenoxy) is 1. The van der Waals surface area contributed by atoms with Gasteiger partial charge in [-0.3, -0.25) is 9.78 Å². The molecule has 0 spiro atoms. The van der Waals surface area contributed by atoms with Gasteiger partial charge in [0.05, 0.1) is 12.1 Å². The molecule has 3 rings (SSSR count). The summed E-state index contributed by atoms with van der Waals surface area (Å²) in [6.45, 7) is 0.268. The first-order valence-electron chi connectivity index (χ1n) is 8.43. The van der Waals surface area contributed by atoms with Gasteiger partial charge in [0.1, 0.15) is 12.4 Å². The lowest BCUT2D eigenvalue weighted by Crippen LogP contribution is -2.05. The van der Waals surface area contributed by atoms with Crippen LogP contribution in [0.1, 0.15) is 16.8 Å². The first-order chi connectivity index (χ1) is 13.1. The van der Waals surface area contributed by atoms with Crippen molar-refractivity contribution in [2.24, 2.45) is 5.73 Å². The molecule has 27 heavy (non-hydrogen) atoms. The number of carboxylic acid groups (broad SMARTS) is 1. The number of aromatic nitrogens is 1. The normalized spacial score (nSPS) is 10.6. The summed E-state index contributed by atoms with van der Waals surface area (Å²) in [7, 11) is 0. The zero-order chi connectivity index (χ0) is 19.2. The molecule has 0 atom stereocenters. The van der Waals surface area contributed by atoms with E-state index in [0.717, 1.165) is 5.56 Å². The van der Waals surface area contributed by atoms with Crippen LogP contribution in [0.5, 0.6) is 5.75 Å². The van der Waals surface area contributed by atoms with E-state index in [-0.39, 0.29) is 25.3 Å². The van der Waals surface area contributed by atoms with E-state index in [0.29, 0.717) is 22.4 Å². The lowest BCUT2D eigenvalue weighted by Gasteiger charge is -2.12. The van der Waals surface area contributed by atoms with Crippen LogP contribution in [0.2, 0.25) is 0 Å². The van der Waals surface area contributed by atoms with Gasteiger partial charge in [-0.15, -0.1) is 0 Å². The molecular weight excluding hydrogens is 347 g/mol. The minimum absolute atomic E-state index is 0.0306. The Bertz CT molecular complexity index is 960. The second-order valence-corrected chi connectivity index (χ2v) is 5.99. The van der Waals surface area contributed by atoms with E-state index in [1.165, 1.54) is 6.20 Å². The van der Waals surface area contributed by atoms with Gasteiger partial charge in [0.25, 0.3) is 0 Å². The Morgan fingerprint density at radius 2 is 1.96 bits per heavy atom. The van der Waals surface area contributed by atoms with Gasteiger partial charge in [-0.05, 0) is 29.3 Å². The fraction of sp³-hybridized carbons (Fsp3) is 0.143. The number of hydrogen-bond donors (Lipinski definition) is 2. The van der Waals surface area contributed by atoms with Crippen LogP contribution in [0.25, 0.3) is 11.1 Å². The zero-order valence-electron chi connectivity index (χ0n) is 14.6. The second kappa shape index (κ2) is 8.42. The van der Waals surface area contributed by atoms with Gasteiger partial charge in [0.15, 0.2) is 5.82 Å². The fourth-order valence-electron chi connectivity index (χ4n) is 2.80. The van der Waals surface area contributed by atoms with Crippen molar-refractivity contribution < 1.29 is 19.0 Å². The molecular formula is C21H19FN2O3. The molecule has 2 aromatic carbocycles. The average Bonchev–Trinajstić information content (AvgIpc) is 2.67. The third kappa shape index (κ3) is 4.48. The third-order valence-electron chi connectivity index (χ3n) is 4.10. The number of benzene rings is 2. The van der Waals surface area contributed by atoms with E-state index < -0.39 is 11.8 Å². The van der Waals surface area contributed by atoms with E-state index in [1.807, 2.05) is 18.2 Å². The van der Waals surface area contributed by atoms with Gasteiger partial charge in [-0.1, -0.05) is 36.4 Å². The van der Waals surface area contributed by atoms with Crippen LogP contribution in [0, 0.1) is 5.82 Å². The van der Waals surface area contributed by atoms with Crippen LogP contribution in [-0.2, 0) is 24.4 Å². The summed E-state index contributed by atoms with van der Waals surface area (Å²) in [5.74, 6) is -0.826. The van der Waals surface area contributed by atoms with Crippen molar-refractivity contribution in [1.82, 2.24) is 4.98 Å². The molecule has 0 aliphatic carbocycles. The van der Waals surface area contributed by atoms with Crippen LogP contribution in [0.4, 0.5) is 4.39 Å². The standard InChI is InChI=1S/C21H19FN2O3/c22-21-17(8-9-24-18(21)12-23)15-6-3-4-14(10-15)13-27-19-7-2-1-5-16(19)11-20(25)26/h1-10H,11-13,23H2,(H,25,26). The number of pyridine rings is 1. The SMILES string of the molecule is NCc1nccc(-c2cccc(COc3ccccc3CC(=O)O)c2)c1F. The van der Waals surface area contributed by atoms with Crippen LogP contribution in [-0.4, -0.2) is 16.1 Å². The molecule has 0 fully saturated rings. The van der Waals surface area contributed by atoms with Crippen molar-refractivity contribution in [3.05, 3.63) is 83.4 Å². The van der Waals surface area contributed by atoms with Crippen LogP contribution >= 0.6 is 0 Å². The topological polar surface area (TPSA) is 85.4 Å². The molecule has 5 nitrogen and oxygen atoms in total. The minimum atomic E-state index is -0.920. The van der Waals surface area contributed by atoms with Crippen molar-refractivity contribution in [3.63, 3.8) is 0 Å². The van der Waals surface area contributed by atoms with E-state index in [9.17, 15) is 9.18 Å². The predicted octanol–water partition coefficient (Wildman–Crippen LogP) is 3.55. The molecule has 0 radical (unpaired) electrons. The van der Waals surface area contributed by atoms with Gasteiger partial charge < -0.3 is 15.6 Å². The Kier molecular flexibility index (Phi) is 5.78. The maximum absolute atomic E-state index is 14.5. The van der Waals surface area contributed by atoms with E-state index >= 15 is 0 Å². The maximum atomic E-state index is 14.5. The van der Waals surface area contributed by atoms with Gasteiger partial charge in [-0.25, -0.2) is 4.39 Å². The number of rotatable bonds is 7. The van der Waals surface area contributed by atoms with Crippen molar-refractivity contribution in [1.29, 1.82) is 0 Å². The highest BCUT2D eigenvalue weighted by Crippen LogP contribution is 2.26. The first kappa shape index (κ1) is 18.5. The van der Waals surface area contributed by atoms with Crippen molar-refractivity contribution in [3.8, 4) is 16.9 Å². The largest absolute Gasteiger partial charge is 0.489 e.